The van der Waals surface area contributed by atoms with E-state index < -0.39 is 0 Å². The maximum absolute atomic E-state index is 6.51. The van der Waals surface area contributed by atoms with E-state index in [0.717, 1.165) is 111 Å². The predicted octanol–water partition coefficient (Wildman–Crippen LogP) is 11.0. The summed E-state index contributed by atoms with van der Waals surface area (Å²) < 4.78 is 12.9. The first-order chi connectivity index (χ1) is 26.5. The van der Waals surface area contributed by atoms with Gasteiger partial charge in [-0.25, -0.2) is 0 Å². The Morgan fingerprint density at radius 2 is 1.24 bits per heavy atom. The maximum Gasteiger partial charge on any atom is 0.136 e. The second-order valence-corrected chi connectivity index (χ2v) is 13.8. The molecular formula is C52H38O2. The molecule has 0 N–H and O–H groups in total. The van der Waals surface area contributed by atoms with Crippen molar-refractivity contribution in [2.45, 2.75) is 12.8 Å². The van der Waals surface area contributed by atoms with E-state index in [-0.39, 0.29) is 0 Å². The molecule has 0 aliphatic heterocycles. The lowest BCUT2D eigenvalue weighted by Crippen LogP contribution is -2.29. The Morgan fingerprint density at radius 1 is 0.556 bits per heavy atom. The third-order valence-corrected chi connectivity index (χ3v) is 10.4. The molecule has 2 heteroatoms. The summed E-state index contributed by atoms with van der Waals surface area (Å²) in [4.78, 5) is 0. The Labute approximate surface area is 314 Å². The topological polar surface area (TPSA) is 26.3 Å². The normalized spacial score (nSPS) is 16.7. The molecule has 1 aliphatic carbocycles. The van der Waals surface area contributed by atoms with E-state index in [1.165, 1.54) is 5.56 Å². The molecule has 2 aromatic heterocycles. The Hall–Kier alpha value is -6.90. The summed E-state index contributed by atoms with van der Waals surface area (Å²) in [7, 11) is 0. The minimum atomic E-state index is 0.771. The summed E-state index contributed by atoms with van der Waals surface area (Å²) in [5.41, 5.74) is 10.7. The highest BCUT2D eigenvalue weighted by molar-refractivity contribution is 6.12. The van der Waals surface area contributed by atoms with Gasteiger partial charge >= 0.3 is 0 Å². The van der Waals surface area contributed by atoms with E-state index in [2.05, 4.69) is 147 Å². The van der Waals surface area contributed by atoms with Crippen molar-refractivity contribution < 1.29 is 8.83 Å². The lowest BCUT2D eigenvalue weighted by molar-refractivity contribution is 0.630. The van der Waals surface area contributed by atoms with E-state index in [1.807, 2.05) is 36.4 Å². The van der Waals surface area contributed by atoms with Gasteiger partial charge in [0.2, 0.25) is 0 Å². The number of hydrogen-bond acceptors (Lipinski definition) is 2. The van der Waals surface area contributed by atoms with Gasteiger partial charge in [0.05, 0.1) is 0 Å². The van der Waals surface area contributed by atoms with Gasteiger partial charge in [0.1, 0.15) is 22.5 Å². The van der Waals surface area contributed by atoms with Gasteiger partial charge in [0.25, 0.3) is 0 Å². The lowest BCUT2D eigenvalue weighted by Gasteiger charge is -2.15. The minimum Gasteiger partial charge on any atom is -0.456 e. The van der Waals surface area contributed by atoms with Gasteiger partial charge in [-0.1, -0.05) is 147 Å². The monoisotopic (exact) mass is 694 g/mol. The average Bonchev–Trinajstić information content (AvgIpc) is 3.81. The zero-order chi connectivity index (χ0) is 36.6. The van der Waals surface area contributed by atoms with Crippen LogP contribution in [-0.2, 0) is 0 Å². The number of rotatable bonds is 6. The predicted molar refractivity (Wildman–Crippen MR) is 228 cm³/mol. The molecule has 0 radical (unpaired) electrons. The number of hydrogen-bond donors (Lipinski definition) is 0. The molecule has 0 unspecified atom stereocenters. The Kier molecular flexibility index (Phi) is 8.49. The first kappa shape index (κ1) is 33.0. The summed E-state index contributed by atoms with van der Waals surface area (Å²) in [6.45, 7) is 13.9. The van der Waals surface area contributed by atoms with Crippen LogP contribution in [0.5, 0.6) is 0 Å². The summed E-state index contributed by atoms with van der Waals surface area (Å²) in [5.74, 6) is 0.771. The fraction of sp³-hybridized carbons (Fsp3) is 0.0385. The van der Waals surface area contributed by atoms with Crippen LogP contribution in [0.4, 0.5) is 0 Å². The first-order valence-corrected chi connectivity index (χ1v) is 18.4. The number of allylic oxidation sites excluding steroid dienone is 6. The maximum atomic E-state index is 6.51. The van der Waals surface area contributed by atoms with Crippen LogP contribution in [0.25, 0.3) is 84.7 Å². The molecule has 0 bridgehead atoms. The quantitative estimate of drug-likeness (QED) is 0.173. The largest absolute Gasteiger partial charge is 0.456 e. The molecule has 258 valence electrons. The van der Waals surface area contributed by atoms with Crippen molar-refractivity contribution in [1.29, 1.82) is 0 Å². The zero-order valence-corrected chi connectivity index (χ0v) is 30.0. The molecule has 0 saturated carbocycles. The molecule has 2 heterocycles. The van der Waals surface area contributed by atoms with E-state index in [9.17, 15) is 0 Å². The van der Waals surface area contributed by atoms with Crippen LogP contribution in [0.2, 0.25) is 0 Å². The van der Waals surface area contributed by atoms with Gasteiger partial charge in [-0.15, -0.1) is 0 Å². The SMILES string of the molecule is C=C(/C=c1/ccc(-c2ccccc2)cc1=C)C1=c2\cccc\c2=C(C(=C)c2cc3c(cc2-c2cc4ccccc4o2)oc2ccccc23)\C=C\CC\C=C\1. The summed E-state index contributed by atoms with van der Waals surface area (Å²) in [6.07, 6.45) is 12.9. The van der Waals surface area contributed by atoms with Crippen LogP contribution in [0.3, 0.4) is 0 Å². The molecule has 8 aromatic rings. The number of fused-ring (bicyclic) bond motifs is 5. The van der Waals surface area contributed by atoms with Crippen molar-refractivity contribution in [1.82, 2.24) is 0 Å². The average molecular weight is 695 g/mol. The van der Waals surface area contributed by atoms with Crippen molar-refractivity contribution in [2.24, 2.45) is 0 Å². The number of para-hydroxylation sites is 2. The summed E-state index contributed by atoms with van der Waals surface area (Å²) in [5, 5.41) is 7.32. The molecule has 2 nitrogen and oxygen atoms in total. The Morgan fingerprint density at radius 3 is 2.02 bits per heavy atom. The van der Waals surface area contributed by atoms with Crippen LogP contribution in [-0.4, -0.2) is 0 Å². The third kappa shape index (κ3) is 6.08. The van der Waals surface area contributed by atoms with Gasteiger partial charge < -0.3 is 8.83 Å². The fourth-order valence-corrected chi connectivity index (χ4v) is 7.58. The second-order valence-electron chi connectivity index (χ2n) is 13.8. The van der Waals surface area contributed by atoms with E-state index in [0.29, 0.717) is 0 Å². The van der Waals surface area contributed by atoms with Gasteiger partial charge in [-0.05, 0) is 115 Å². The fourth-order valence-electron chi connectivity index (χ4n) is 7.58. The number of furan rings is 2. The van der Waals surface area contributed by atoms with E-state index in [1.54, 1.807) is 0 Å². The standard InChI is InChI=1S/C52H38O2/c1-34-29-39(37-17-7-6-8-18-37)28-27-38(34)30-35(2)41-20-9-4-5-10-21-42(44-23-13-12-22-43(41)44)36(3)46-32-47-45-24-14-16-26-50(45)54-52(47)33-48(46)51-31-40-19-11-15-25-49(40)53-51/h6-33H,1-5H2/b20-9+,21-10+,38-30-,43-41+,44-42+. The van der Waals surface area contributed by atoms with E-state index >= 15 is 0 Å². The van der Waals surface area contributed by atoms with Crippen LogP contribution in [0.15, 0.2) is 191 Å². The van der Waals surface area contributed by atoms with Gasteiger partial charge in [-0.3, -0.25) is 0 Å². The van der Waals surface area contributed by atoms with Gasteiger partial charge in [0, 0.05) is 21.7 Å². The van der Waals surface area contributed by atoms with Gasteiger partial charge in [0.15, 0.2) is 0 Å². The first-order valence-electron chi connectivity index (χ1n) is 18.4. The highest BCUT2D eigenvalue weighted by Gasteiger charge is 2.19. The van der Waals surface area contributed by atoms with Crippen LogP contribution < -0.4 is 20.9 Å². The van der Waals surface area contributed by atoms with Crippen LogP contribution in [0, 0.1) is 0 Å². The van der Waals surface area contributed by atoms with E-state index in [4.69, 9.17) is 15.4 Å². The Bertz CT molecular complexity index is 3060. The summed E-state index contributed by atoms with van der Waals surface area (Å²) in [6, 6.07) is 48.2. The van der Waals surface area contributed by atoms with Crippen molar-refractivity contribution in [3.05, 3.63) is 209 Å². The molecule has 0 saturated heterocycles. The van der Waals surface area contributed by atoms with Crippen molar-refractivity contribution >= 4 is 62.3 Å². The van der Waals surface area contributed by atoms with Crippen molar-refractivity contribution in [3.63, 3.8) is 0 Å². The van der Waals surface area contributed by atoms with Crippen molar-refractivity contribution in [2.75, 3.05) is 0 Å². The minimum absolute atomic E-state index is 0.771. The molecular weight excluding hydrogens is 657 g/mol. The molecule has 0 fully saturated rings. The molecule has 1 aliphatic rings. The van der Waals surface area contributed by atoms with Crippen LogP contribution in [0.1, 0.15) is 18.4 Å². The highest BCUT2D eigenvalue weighted by Crippen LogP contribution is 2.41. The molecule has 0 spiro atoms. The lowest BCUT2D eigenvalue weighted by atomic mass is 9.89. The third-order valence-electron chi connectivity index (χ3n) is 10.4. The molecule has 0 atom stereocenters. The highest BCUT2D eigenvalue weighted by atomic mass is 16.3. The second kappa shape index (κ2) is 13.9. The molecule has 6 aromatic carbocycles. The molecule has 54 heavy (non-hydrogen) atoms. The van der Waals surface area contributed by atoms with Crippen LogP contribution >= 0.6 is 0 Å². The zero-order valence-electron chi connectivity index (χ0n) is 30.0. The molecule has 0 amide bonds. The van der Waals surface area contributed by atoms with Gasteiger partial charge in [-0.2, -0.15) is 0 Å². The Balaban J connectivity index is 1.26. The smallest absolute Gasteiger partial charge is 0.136 e. The van der Waals surface area contributed by atoms with Crippen molar-refractivity contribution in [3.8, 4) is 22.5 Å². The summed E-state index contributed by atoms with van der Waals surface area (Å²) >= 11 is 0. The molecule has 9 rings (SSSR count). The number of benzene rings is 6.